The minimum Gasteiger partial charge on any atom is -0.508 e. The molecular weight excluding hydrogens is 290 g/mol. The normalized spacial score (nSPS) is 11.6. The average molecular weight is 303 g/mol. The molecule has 0 aliphatic rings. The molecule has 8 heteroatoms. The summed E-state index contributed by atoms with van der Waals surface area (Å²) in [5.74, 6) is -0.745. The smallest absolute Gasteiger partial charge is 0.326 e. The highest BCUT2D eigenvalue weighted by Crippen LogP contribution is 2.15. The van der Waals surface area contributed by atoms with Gasteiger partial charge in [-0.15, -0.1) is 0 Å². The van der Waals surface area contributed by atoms with E-state index in [0.29, 0.717) is 0 Å². The van der Waals surface area contributed by atoms with Gasteiger partial charge in [0.15, 0.2) is 0 Å². The highest BCUT2D eigenvalue weighted by atomic mass is 16.6. The zero-order chi connectivity index (χ0) is 16.1. The molecule has 0 fully saturated rings. The van der Waals surface area contributed by atoms with Crippen molar-refractivity contribution in [1.82, 2.24) is 4.98 Å². The molecule has 114 valence electrons. The molecule has 1 atom stereocenters. The first-order valence-electron chi connectivity index (χ1n) is 6.33. The van der Waals surface area contributed by atoms with Gasteiger partial charge < -0.3 is 15.5 Å². The van der Waals surface area contributed by atoms with Crippen molar-refractivity contribution in [2.24, 2.45) is 0 Å². The number of carbonyl (C=O) groups is 1. The number of nitrogens with one attached hydrogen (secondary N) is 1. The van der Waals surface area contributed by atoms with E-state index in [-0.39, 0.29) is 23.7 Å². The molecular formula is C14H13N3O5. The molecule has 1 unspecified atom stereocenters. The van der Waals surface area contributed by atoms with E-state index in [4.69, 9.17) is 0 Å². The third kappa shape index (κ3) is 3.92. The second-order valence-electron chi connectivity index (χ2n) is 4.56. The number of nitrogens with zero attached hydrogens (tertiary/aromatic N) is 2. The summed E-state index contributed by atoms with van der Waals surface area (Å²) in [4.78, 5) is 25.1. The molecule has 0 saturated heterocycles. The largest absolute Gasteiger partial charge is 0.508 e. The molecule has 3 N–H and O–H groups in total. The van der Waals surface area contributed by atoms with Crippen LogP contribution in [-0.4, -0.2) is 32.1 Å². The molecule has 1 aromatic carbocycles. The SMILES string of the molecule is O=C(O)C(Cc1ccc(O)cc1)Nc1ccc([N+](=O)[O-])cn1. The van der Waals surface area contributed by atoms with Gasteiger partial charge >= 0.3 is 5.97 Å². The molecule has 22 heavy (non-hydrogen) atoms. The van der Waals surface area contributed by atoms with Gasteiger partial charge in [-0.05, 0) is 23.8 Å². The summed E-state index contributed by atoms with van der Waals surface area (Å²) in [5, 5.41) is 31.7. The van der Waals surface area contributed by atoms with E-state index in [9.17, 15) is 25.1 Å². The van der Waals surface area contributed by atoms with Crippen molar-refractivity contribution in [3.05, 3.63) is 58.3 Å². The van der Waals surface area contributed by atoms with Crippen molar-refractivity contribution >= 4 is 17.5 Å². The fourth-order valence-electron chi connectivity index (χ4n) is 1.83. The van der Waals surface area contributed by atoms with Gasteiger partial charge in [-0.25, -0.2) is 9.78 Å². The third-order valence-electron chi connectivity index (χ3n) is 2.96. The quantitative estimate of drug-likeness (QED) is 0.548. The summed E-state index contributed by atoms with van der Waals surface area (Å²) in [5.41, 5.74) is 0.551. The van der Waals surface area contributed by atoms with Crippen LogP contribution in [0.5, 0.6) is 5.75 Å². The minimum atomic E-state index is -1.08. The van der Waals surface area contributed by atoms with Crippen molar-refractivity contribution in [2.45, 2.75) is 12.5 Å². The maximum absolute atomic E-state index is 11.3. The molecule has 1 aromatic heterocycles. The van der Waals surface area contributed by atoms with Crippen LogP contribution in [0.4, 0.5) is 11.5 Å². The van der Waals surface area contributed by atoms with Crippen molar-refractivity contribution < 1.29 is 19.9 Å². The predicted molar refractivity (Wildman–Crippen MR) is 77.7 cm³/mol. The van der Waals surface area contributed by atoms with Crippen LogP contribution >= 0.6 is 0 Å². The monoisotopic (exact) mass is 303 g/mol. The predicted octanol–water partition coefficient (Wildman–Crippen LogP) is 1.80. The summed E-state index contributed by atoms with van der Waals surface area (Å²) in [7, 11) is 0. The van der Waals surface area contributed by atoms with Crippen LogP contribution in [0.2, 0.25) is 0 Å². The van der Waals surface area contributed by atoms with E-state index >= 15 is 0 Å². The lowest BCUT2D eigenvalue weighted by Gasteiger charge is -2.15. The zero-order valence-corrected chi connectivity index (χ0v) is 11.3. The molecule has 0 amide bonds. The van der Waals surface area contributed by atoms with Crippen LogP contribution in [-0.2, 0) is 11.2 Å². The third-order valence-corrected chi connectivity index (χ3v) is 2.96. The Morgan fingerprint density at radius 3 is 2.45 bits per heavy atom. The zero-order valence-electron chi connectivity index (χ0n) is 11.3. The van der Waals surface area contributed by atoms with Crippen molar-refractivity contribution in [3.8, 4) is 5.75 Å². The summed E-state index contributed by atoms with van der Waals surface area (Å²) in [6, 6.07) is 7.83. The van der Waals surface area contributed by atoms with Gasteiger partial charge in [-0.3, -0.25) is 10.1 Å². The number of aromatic hydroxyl groups is 1. The standard InChI is InChI=1S/C14H13N3O5/c18-11-4-1-9(2-5-11)7-12(14(19)20)16-13-6-3-10(8-15-13)17(21)22/h1-6,8,12,18H,7H2,(H,15,16)(H,19,20). The molecule has 0 saturated carbocycles. The van der Waals surface area contributed by atoms with Crippen LogP contribution in [0, 0.1) is 10.1 Å². The van der Waals surface area contributed by atoms with Crippen LogP contribution in [0.3, 0.4) is 0 Å². The van der Waals surface area contributed by atoms with E-state index in [1.54, 1.807) is 12.1 Å². The summed E-state index contributed by atoms with van der Waals surface area (Å²) in [6.07, 6.45) is 1.23. The Bertz CT molecular complexity index is 670. The van der Waals surface area contributed by atoms with E-state index in [1.807, 2.05) is 0 Å². The summed E-state index contributed by atoms with van der Waals surface area (Å²) < 4.78 is 0. The van der Waals surface area contributed by atoms with Crippen LogP contribution in [0.15, 0.2) is 42.6 Å². The molecule has 2 rings (SSSR count). The Labute approximate surface area is 125 Å². The summed E-state index contributed by atoms with van der Waals surface area (Å²) >= 11 is 0. The van der Waals surface area contributed by atoms with E-state index in [2.05, 4.69) is 10.3 Å². The fourth-order valence-corrected chi connectivity index (χ4v) is 1.83. The number of anilines is 1. The van der Waals surface area contributed by atoms with Crippen LogP contribution in [0.1, 0.15) is 5.56 Å². The van der Waals surface area contributed by atoms with Gasteiger partial charge in [-0.1, -0.05) is 12.1 Å². The number of hydrogen-bond acceptors (Lipinski definition) is 6. The number of pyridine rings is 1. The van der Waals surface area contributed by atoms with Gasteiger partial charge in [0.05, 0.1) is 4.92 Å². The van der Waals surface area contributed by atoms with Crippen LogP contribution in [0.25, 0.3) is 0 Å². The number of phenolic OH excluding ortho intramolecular Hbond substituents is 1. The average Bonchev–Trinajstić information content (AvgIpc) is 2.49. The maximum Gasteiger partial charge on any atom is 0.326 e. The minimum absolute atomic E-state index is 0.0978. The number of phenols is 1. The Hall–Kier alpha value is -3.16. The van der Waals surface area contributed by atoms with Gasteiger partial charge in [0.1, 0.15) is 23.8 Å². The van der Waals surface area contributed by atoms with Crippen molar-refractivity contribution in [2.75, 3.05) is 5.32 Å². The molecule has 0 spiro atoms. The molecule has 0 radical (unpaired) electrons. The van der Waals surface area contributed by atoms with Gasteiger partial charge in [0, 0.05) is 12.5 Å². The number of hydrogen-bond donors (Lipinski definition) is 3. The van der Waals surface area contributed by atoms with Gasteiger partial charge in [0.25, 0.3) is 5.69 Å². The highest BCUT2D eigenvalue weighted by Gasteiger charge is 2.18. The highest BCUT2D eigenvalue weighted by molar-refractivity contribution is 5.77. The Morgan fingerprint density at radius 2 is 1.95 bits per heavy atom. The lowest BCUT2D eigenvalue weighted by Crippen LogP contribution is -2.31. The number of carboxylic acid groups (broad SMARTS) is 1. The number of carboxylic acids is 1. The van der Waals surface area contributed by atoms with Gasteiger partial charge in [0.2, 0.25) is 0 Å². The van der Waals surface area contributed by atoms with Crippen LogP contribution < -0.4 is 5.32 Å². The maximum atomic E-state index is 11.3. The lowest BCUT2D eigenvalue weighted by atomic mass is 10.1. The number of aromatic nitrogens is 1. The molecule has 0 bridgehead atoms. The Balaban J connectivity index is 2.09. The Kier molecular flexibility index (Phi) is 4.52. The molecule has 0 aliphatic heterocycles. The number of nitro groups is 1. The molecule has 0 aliphatic carbocycles. The number of aliphatic carboxylic acids is 1. The number of benzene rings is 1. The lowest BCUT2D eigenvalue weighted by molar-refractivity contribution is -0.385. The van der Waals surface area contributed by atoms with Gasteiger partial charge in [-0.2, -0.15) is 0 Å². The second kappa shape index (κ2) is 6.53. The van der Waals surface area contributed by atoms with Crippen molar-refractivity contribution in [1.29, 1.82) is 0 Å². The number of rotatable bonds is 6. The molecule has 1 heterocycles. The van der Waals surface area contributed by atoms with E-state index < -0.39 is 16.9 Å². The van der Waals surface area contributed by atoms with Crippen molar-refractivity contribution in [3.63, 3.8) is 0 Å². The first kappa shape index (κ1) is 15.2. The van der Waals surface area contributed by atoms with E-state index in [0.717, 1.165) is 11.8 Å². The summed E-state index contributed by atoms with van der Waals surface area (Å²) in [6.45, 7) is 0. The topological polar surface area (TPSA) is 126 Å². The first-order chi connectivity index (χ1) is 10.5. The first-order valence-corrected chi connectivity index (χ1v) is 6.33. The second-order valence-corrected chi connectivity index (χ2v) is 4.56. The van der Waals surface area contributed by atoms with E-state index in [1.165, 1.54) is 24.3 Å². The molecule has 8 nitrogen and oxygen atoms in total. The Morgan fingerprint density at radius 1 is 1.27 bits per heavy atom. The molecule has 2 aromatic rings. The fraction of sp³-hybridized carbons (Fsp3) is 0.143.